The maximum atomic E-state index is 12.4. The maximum absolute atomic E-state index is 12.4. The summed E-state index contributed by atoms with van der Waals surface area (Å²) in [7, 11) is 0. The Kier molecular flexibility index (Phi) is 5.16. The average Bonchev–Trinajstić information content (AvgIpc) is 2.27. The molecule has 0 aliphatic carbocycles. The Morgan fingerprint density at radius 1 is 1.16 bits per heavy atom. The van der Waals surface area contributed by atoms with Crippen LogP contribution in [0.3, 0.4) is 0 Å². The van der Waals surface area contributed by atoms with E-state index in [1.54, 1.807) is 0 Å². The minimum atomic E-state index is -0.477. The molecule has 1 amide bonds. The fourth-order valence-corrected chi connectivity index (χ4v) is 2.88. The van der Waals surface area contributed by atoms with Crippen molar-refractivity contribution in [2.24, 2.45) is 0 Å². The summed E-state index contributed by atoms with van der Waals surface area (Å²) in [5.74, 6) is 0.121. The van der Waals surface area contributed by atoms with Crippen LogP contribution in [0.4, 0.5) is 0 Å². The lowest BCUT2D eigenvalue weighted by atomic mass is 9.78. The summed E-state index contributed by atoms with van der Waals surface area (Å²) in [5, 5.41) is 3.05. The van der Waals surface area contributed by atoms with Crippen molar-refractivity contribution in [3.05, 3.63) is 34.4 Å². The minimum absolute atomic E-state index is 0.121. The summed E-state index contributed by atoms with van der Waals surface area (Å²) >= 11 is 0. The highest BCUT2D eigenvalue weighted by Crippen LogP contribution is 2.30. The Bertz CT molecular complexity index is 437. The number of aryl methyl sites for hydroxylation is 3. The average molecular weight is 261 g/mol. The molecule has 0 spiro atoms. The molecule has 1 aromatic rings. The molecular weight excluding hydrogens is 234 g/mol. The van der Waals surface area contributed by atoms with E-state index in [1.807, 2.05) is 13.8 Å². The van der Waals surface area contributed by atoms with Gasteiger partial charge < -0.3 is 5.32 Å². The molecular formula is C17H27NO. The van der Waals surface area contributed by atoms with Crippen LogP contribution in [0.1, 0.15) is 55.9 Å². The fourth-order valence-electron chi connectivity index (χ4n) is 2.88. The smallest absolute Gasteiger partial charge is 0.230 e. The lowest BCUT2D eigenvalue weighted by molar-refractivity contribution is -0.125. The number of carbonyl (C=O) groups excluding carboxylic acids is 1. The van der Waals surface area contributed by atoms with Gasteiger partial charge in [-0.2, -0.15) is 0 Å². The molecule has 2 nitrogen and oxygen atoms in total. The van der Waals surface area contributed by atoms with E-state index < -0.39 is 5.41 Å². The van der Waals surface area contributed by atoms with E-state index in [-0.39, 0.29) is 5.91 Å². The van der Waals surface area contributed by atoms with Gasteiger partial charge in [0.25, 0.3) is 0 Å². The molecule has 0 heterocycles. The van der Waals surface area contributed by atoms with Gasteiger partial charge in [-0.25, -0.2) is 0 Å². The minimum Gasteiger partial charge on any atom is -0.355 e. The van der Waals surface area contributed by atoms with Crippen molar-refractivity contribution in [1.29, 1.82) is 0 Å². The third-order valence-electron chi connectivity index (χ3n) is 3.69. The van der Waals surface area contributed by atoms with Gasteiger partial charge in [-0.3, -0.25) is 4.79 Å². The molecule has 0 atom stereocenters. The number of hydrogen-bond acceptors (Lipinski definition) is 1. The van der Waals surface area contributed by atoms with Crippen LogP contribution in [-0.2, 0) is 10.2 Å². The van der Waals surface area contributed by atoms with Crippen molar-refractivity contribution >= 4 is 5.91 Å². The second-order valence-corrected chi connectivity index (χ2v) is 6.01. The van der Waals surface area contributed by atoms with E-state index in [0.29, 0.717) is 0 Å². The first kappa shape index (κ1) is 15.7. The third-order valence-corrected chi connectivity index (χ3v) is 3.69. The van der Waals surface area contributed by atoms with Gasteiger partial charge >= 0.3 is 0 Å². The highest BCUT2D eigenvalue weighted by atomic mass is 16.2. The van der Waals surface area contributed by atoms with Gasteiger partial charge in [0.05, 0.1) is 5.41 Å². The van der Waals surface area contributed by atoms with Crippen molar-refractivity contribution in [1.82, 2.24) is 5.32 Å². The molecule has 0 unspecified atom stereocenters. The first-order chi connectivity index (χ1) is 8.80. The molecule has 19 heavy (non-hydrogen) atoms. The molecule has 0 aromatic heterocycles. The Morgan fingerprint density at radius 2 is 1.68 bits per heavy atom. The second-order valence-electron chi connectivity index (χ2n) is 6.01. The summed E-state index contributed by atoms with van der Waals surface area (Å²) in [6.07, 6.45) is 2.14. The first-order valence-corrected chi connectivity index (χ1v) is 7.17. The third kappa shape index (κ3) is 3.59. The van der Waals surface area contributed by atoms with E-state index >= 15 is 0 Å². The van der Waals surface area contributed by atoms with Crippen molar-refractivity contribution in [2.45, 2.75) is 59.8 Å². The zero-order valence-corrected chi connectivity index (χ0v) is 13.2. The van der Waals surface area contributed by atoms with Crippen molar-refractivity contribution in [2.75, 3.05) is 6.54 Å². The van der Waals surface area contributed by atoms with Crippen molar-refractivity contribution < 1.29 is 4.79 Å². The quantitative estimate of drug-likeness (QED) is 0.802. The zero-order chi connectivity index (χ0) is 14.6. The molecule has 1 N–H and O–H groups in total. The molecule has 2 heteroatoms. The number of rotatable bonds is 5. The summed E-state index contributed by atoms with van der Waals surface area (Å²) in [6.45, 7) is 13.2. The van der Waals surface area contributed by atoms with Gasteiger partial charge in [0.2, 0.25) is 5.91 Å². The van der Waals surface area contributed by atoms with E-state index in [2.05, 4.69) is 45.1 Å². The van der Waals surface area contributed by atoms with Crippen LogP contribution in [0.2, 0.25) is 0 Å². The molecule has 1 aromatic carbocycles. The lowest BCUT2D eigenvalue weighted by Crippen LogP contribution is -2.41. The van der Waals surface area contributed by atoms with Crippen LogP contribution in [0.15, 0.2) is 12.1 Å². The molecule has 0 radical (unpaired) electrons. The van der Waals surface area contributed by atoms with Crippen molar-refractivity contribution in [3.63, 3.8) is 0 Å². The van der Waals surface area contributed by atoms with Gasteiger partial charge in [0.15, 0.2) is 0 Å². The van der Waals surface area contributed by atoms with Crippen LogP contribution < -0.4 is 5.32 Å². The van der Waals surface area contributed by atoms with Crippen LogP contribution >= 0.6 is 0 Å². The fraction of sp³-hybridized carbons (Fsp3) is 0.588. The summed E-state index contributed by atoms with van der Waals surface area (Å²) in [4.78, 5) is 12.4. The lowest BCUT2D eigenvalue weighted by Gasteiger charge is -2.28. The summed E-state index contributed by atoms with van der Waals surface area (Å²) < 4.78 is 0. The van der Waals surface area contributed by atoms with Crippen molar-refractivity contribution in [3.8, 4) is 0 Å². The van der Waals surface area contributed by atoms with Gasteiger partial charge in [-0.1, -0.05) is 31.0 Å². The molecule has 0 fully saturated rings. The van der Waals surface area contributed by atoms with Gasteiger partial charge in [0.1, 0.15) is 0 Å². The maximum Gasteiger partial charge on any atom is 0.230 e. The van der Waals surface area contributed by atoms with E-state index in [1.165, 1.54) is 16.7 Å². The first-order valence-electron chi connectivity index (χ1n) is 7.17. The number of benzene rings is 1. The monoisotopic (exact) mass is 261 g/mol. The Balaban J connectivity index is 3.02. The highest BCUT2D eigenvalue weighted by molar-refractivity contribution is 5.88. The Morgan fingerprint density at radius 3 is 2.16 bits per heavy atom. The van der Waals surface area contributed by atoms with Gasteiger partial charge in [0, 0.05) is 6.54 Å². The summed E-state index contributed by atoms with van der Waals surface area (Å²) in [5.41, 5.74) is 4.34. The number of nitrogens with one attached hydrogen (secondary N) is 1. The largest absolute Gasteiger partial charge is 0.355 e. The standard InChI is InChI=1S/C17H27NO/c1-7-8-9-18-16(19)17(5,6)15-13(3)10-12(2)11-14(15)4/h10-11H,7-9H2,1-6H3,(H,18,19). The highest BCUT2D eigenvalue weighted by Gasteiger charge is 2.32. The number of carbonyl (C=O) groups is 1. The SMILES string of the molecule is CCCCNC(=O)C(C)(C)c1c(C)cc(C)cc1C. The number of unbranched alkanes of at least 4 members (excludes halogenated alkanes) is 1. The molecule has 0 bridgehead atoms. The molecule has 0 saturated heterocycles. The molecule has 0 aliphatic rings. The second kappa shape index (κ2) is 6.23. The van der Waals surface area contributed by atoms with E-state index in [4.69, 9.17) is 0 Å². The zero-order valence-electron chi connectivity index (χ0n) is 13.2. The topological polar surface area (TPSA) is 29.1 Å². The normalized spacial score (nSPS) is 11.5. The molecule has 1 rings (SSSR count). The number of hydrogen-bond donors (Lipinski definition) is 1. The molecule has 0 aliphatic heterocycles. The van der Waals surface area contributed by atoms with Crippen LogP contribution in [0.5, 0.6) is 0 Å². The Labute approximate surface area is 117 Å². The van der Waals surface area contributed by atoms with Crippen LogP contribution in [-0.4, -0.2) is 12.5 Å². The van der Waals surface area contributed by atoms with Crippen LogP contribution in [0.25, 0.3) is 0 Å². The number of amides is 1. The van der Waals surface area contributed by atoms with Gasteiger partial charge in [-0.15, -0.1) is 0 Å². The van der Waals surface area contributed by atoms with Gasteiger partial charge in [-0.05, 0) is 57.7 Å². The summed E-state index contributed by atoms with van der Waals surface area (Å²) in [6, 6.07) is 4.31. The Hall–Kier alpha value is -1.31. The predicted molar refractivity (Wildman–Crippen MR) is 81.6 cm³/mol. The van der Waals surface area contributed by atoms with E-state index in [0.717, 1.165) is 24.9 Å². The van der Waals surface area contributed by atoms with E-state index in [9.17, 15) is 4.79 Å². The predicted octanol–water partition coefficient (Wildman–Crippen LogP) is 3.81. The molecule has 0 saturated carbocycles. The van der Waals surface area contributed by atoms with Crippen LogP contribution in [0, 0.1) is 20.8 Å². The molecule has 106 valence electrons.